The minimum absolute atomic E-state index is 0.640. The van der Waals surface area contributed by atoms with Crippen molar-refractivity contribution in [2.45, 2.75) is 51.9 Å². The molecular formula is C29H31N2+. The molecule has 0 unspecified atom stereocenters. The summed E-state index contributed by atoms with van der Waals surface area (Å²) in [5.41, 5.74) is 8.33. The predicted molar refractivity (Wildman–Crippen MR) is 129 cm³/mol. The van der Waals surface area contributed by atoms with Gasteiger partial charge in [0.2, 0.25) is 5.69 Å². The molecule has 0 saturated heterocycles. The van der Waals surface area contributed by atoms with Gasteiger partial charge >= 0.3 is 0 Å². The van der Waals surface area contributed by atoms with E-state index in [0.717, 1.165) is 22.0 Å². The van der Waals surface area contributed by atoms with Crippen LogP contribution in [0.1, 0.15) is 56.2 Å². The van der Waals surface area contributed by atoms with E-state index in [4.69, 9.17) is 1.37 Å². The molecule has 1 aliphatic carbocycles. The largest absolute Gasteiger partial charge is 0.264 e. The molecule has 2 aromatic carbocycles. The van der Waals surface area contributed by atoms with E-state index in [9.17, 15) is 0 Å². The maximum Gasteiger partial charge on any atom is 0.220 e. The maximum atomic E-state index is 8.90. The van der Waals surface area contributed by atoms with Crippen molar-refractivity contribution >= 4 is 10.8 Å². The summed E-state index contributed by atoms with van der Waals surface area (Å²) in [7, 11) is 2.09. The van der Waals surface area contributed by atoms with Crippen LogP contribution in [0.3, 0.4) is 0 Å². The SMILES string of the molecule is [2H]c1c(C)[n+](C)c(-c2cc(-c3cccnc3)ccc2C)c2ccc(C3CCCCC3)cc12. The normalized spacial score (nSPS) is 15.3. The summed E-state index contributed by atoms with van der Waals surface area (Å²) in [6.07, 6.45) is 10.3. The van der Waals surface area contributed by atoms with Gasteiger partial charge in [0.05, 0.1) is 12.3 Å². The van der Waals surface area contributed by atoms with Crippen molar-refractivity contribution in [3.05, 3.63) is 83.8 Å². The summed E-state index contributed by atoms with van der Waals surface area (Å²) < 4.78 is 11.1. The Bertz CT molecular complexity index is 1290. The molecule has 156 valence electrons. The van der Waals surface area contributed by atoms with Crippen LogP contribution in [-0.2, 0) is 7.05 Å². The first-order chi connectivity index (χ1) is 15.5. The van der Waals surface area contributed by atoms with Gasteiger partial charge in [-0.2, -0.15) is 4.57 Å². The van der Waals surface area contributed by atoms with Crippen molar-refractivity contribution in [2.24, 2.45) is 7.05 Å². The Morgan fingerprint density at radius 3 is 2.58 bits per heavy atom. The number of aromatic nitrogens is 2. The molecule has 2 nitrogen and oxygen atoms in total. The van der Waals surface area contributed by atoms with Crippen LogP contribution >= 0.6 is 0 Å². The minimum Gasteiger partial charge on any atom is -0.264 e. The number of benzene rings is 2. The third-order valence-corrected chi connectivity index (χ3v) is 7.02. The number of aryl methyl sites for hydroxylation is 1. The van der Waals surface area contributed by atoms with Gasteiger partial charge in [0.1, 0.15) is 7.05 Å². The molecule has 0 spiro atoms. The summed E-state index contributed by atoms with van der Waals surface area (Å²) in [5, 5.41) is 2.24. The van der Waals surface area contributed by atoms with Gasteiger partial charge in [0, 0.05) is 30.9 Å². The van der Waals surface area contributed by atoms with Crippen molar-refractivity contribution in [1.82, 2.24) is 4.98 Å². The molecule has 2 heteroatoms. The quantitative estimate of drug-likeness (QED) is 0.332. The molecule has 1 saturated carbocycles. The van der Waals surface area contributed by atoms with Crippen LogP contribution in [0.15, 0.2) is 67.0 Å². The van der Waals surface area contributed by atoms with E-state index in [1.165, 1.54) is 60.1 Å². The van der Waals surface area contributed by atoms with Crippen LogP contribution in [0.4, 0.5) is 0 Å². The van der Waals surface area contributed by atoms with E-state index in [1.807, 2.05) is 18.5 Å². The number of rotatable bonds is 3. The molecule has 31 heavy (non-hydrogen) atoms. The fourth-order valence-electron chi connectivity index (χ4n) is 5.10. The minimum atomic E-state index is 0.640. The lowest BCUT2D eigenvalue weighted by Gasteiger charge is -2.22. The first kappa shape index (κ1) is 18.7. The number of hydrogen-bond donors (Lipinski definition) is 0. The van der Waals surface area contributed by atoms with Crippen LogP contribution in [0.2, 0.25) is 0 Å². The highest BCUT2D eigenvalue weighted by atomic mass is 14.9. The lowest BCUT2D eigenvalue weighted by molar-refractivity contribution is -0.665. The smallest absolute Gasteiger partial charge is 0.220 e. The zero-order valence-corrected chi connectivity index (χ0v) is 18.8. The molecule has 0 radical (unpaired) electrons. The Hall–Kier alpha value is -3.00. The second kappa shape index (κ2) is 8.26. The van der Waals surface area contributed by atoms with Crippen LogP contribution in [0, 0.1) is 13.8 Å². The molecule has 0 N–H and O–H groups in total. The third kappa shape index (κ3) is 3.76. The monoisotopic (exact) mass is 408 g/mol. The van der Waals surface area contributed by atoms with Gasteiger partial charge in [0.25, 0.3) is 0 Å². The van der Waals surface area contributed by atoms with Gasteiger partial charge in [-0.15, -0.1) is 0 Å². The molecule has 4 aromatic rings. The Labute approximate surface area is 187 Å². The Balaban J connectivity index is 1.72. The number of pyridine rings is 2. The molecule has 0 aliphatic heterocycles. The first-order valence-corrected chi connectivity index (χ1v) is 11.5. The Kier molecular flexibility index (Phi) is 5.00. The second-order valence-corrected chi connectivity index (χ2v) is 9.03. The van der Waals surface area contributed by atoms with Crippen molar-refractivity contribution < 1.29 is 5.94 Å². The van der Waals surface area contributed by atoms with E-state index < -0.39 is 0 Å². The maximum absolute atomic E-state index is 8.90. The van der Waals surface area contributed by atoms with Crippen LogP contribution in [-0.4, -0.2) is 4.98 Å². The summed E-state index contributed by atoms with van der Waals surface area (Å²) in [4.78, 5) is 4.30. The topological polar surface area (TPSA) is 16.8 Å². The summed E-state index contributed by atoms with van der Waals surface area (Å²) in [5.74, 6) is 0.640. The highest BCUT2D eigenvalue weighted by Crippen LogP contribution is 2.36. The second-order valence-electron chi connectivity index (χ2n) is 9.03. The lowest BCUT2D eigenvalue weighted by atomic mass is 9.83. The van der Waals surface area contributed by atoms with Crippen molar-refractivity contribution in [2.75, 3.05) is 0 Å². The van der Waals surface area contributed by atoms with Gasteiger partial charge in [-0.3, -0.25) is 4.98 Å². The molecule has 1 fully saturated rings. The summed E-state index contributed by atoms with van der Waals surface area (Å²) in [6, 6.07) is 18.3. The average molecular weight is 409 g/mol. The zero-order chi connectivity index (χ0) is 22.2. The van der Waals surface area contributed by atoms with E-state index in [-0.39, 0.29) is 0 Å². The zero-order valence-electron chi connectivity index (χ0n) is 19.8. The average Bonchev–Trinajstić information content (AvgIpc) is 2.85. The molecule has 0 atom stereocenters. The number of hydrogen-bond acceptors (Lipinski definition) is 1. The van der Waals surface area contributed by atoms with Crippen molar-refractivity contribution in [3.63, 3.8) is 0 Å². The molecule has 2 aromatic heterocycles. The molecule has 0 amide bonds. The number of fused-ring (bicyclic) bond motifs is 1. The highest BCUT2D eigenvalue weighted by molar-refractivity contribution is 5.95. The molecule has 1 aliphatic rings. The van der Waals surface area contributed by atoms with Gasteiger partial charge in [0.15, 0.2) is 5.69 Å². The molecule has 5 rings (SSSR count). The van der Waals surface area contributed by atoms with Crippen LogP contribution in [0.25, 0.3) is 33.2 Å². The fraction of sp³-hybridized carbons (Fsp3) is 0.310. The van der Waals surface area contributed by atoms with Gasteiger partial charge < -0.3 is 0 Å². The standard InChI is InChI=1S/C29H31N2/c1-20-11-12-24(25-10-7-15-30-19-25)18-28(20)29-27-14-13-23(22-8-5-4-6-9-22)17-26(27)16-21(2)31(29)3/h7,10-19,22H,4-6,8-9H2,1-3H3/q+1/i16D. The summed E-state index contributed by atoms with van der Waals surface area (Å²) >= 11 is 0. The molecular weight excluding hydrogens is 376 g/mol. The van der Waals surface area contributed by atoms with Crippen LogP contribution < -0.4 is 4.57 Å². The lowest BCUT2D eigenvalue weighted by Crippen LogP contribution is -2.35. The van der Waals surface area contributed by atoms with Crippen LogP contribution in [0.5, 0.6) is 0 Å². The third-order valence-electron chi connectivity index (χ3n) is 7.02. The van der Waals surface area contributed by atoms with E-state index in [1.54, 1.807) is 0 Å². The van der Waals surface area contributed by atoms with E-state index in [2.05, 4.69) is 72.9 Å². The first-order valence-electron chi connectivity index (χ1n) is 12.0. The Morgan fingerprint density at radius 2 is 1.81 bits per heavy atom. The predicted octanol–water partition coefficient (Wildman–Crippen LogP) is 7.06. The van der Waals surface area contributed by atoms with Gasteiger partial charge in [-0.25, -0.2) is 0 Å². The highest BCUT2D eigenvalue weighted by Gasteiger charge is 2.22. The van der Waals surface area contributed by atoms with Crippen molar-refractivity contribution in [3.8, 4) is 22.4 Å². The van der Waals surface area contributed by atoms with E-state index in [0.29, 0.717) is 12.0 Å². The number of nitrogens with zero attached hydrogens (tertiary/aromatic N) is 2. The van der Waals surface area contributed by atoms with Crippen molar-refractivity contribution in [1.29, 1.82) is 0 Å². The summed E-state index contributed by atoms with van der Waals surface area (Å²) in [6.45, 7) is 4.24. The fourth-order valence-corrected chi connectivity index (χ4v) is 5.10. The van der Waals surface area contributed by atoms with E-state index >= 15 is 0 Å². The van der Waals surface area contributed by atoms with Gasteiger partial charge in [-0.1, -0.05) is 49.6 Å². The Morgan fingerprint density at radius 1 is 0.968 bits per heavy atom. The molecule has 0 bridgehead atoms. The molecule has 2 heterocycles. The van der Waals surface area contributed by atoms with Gasteiger partial charge in [-0.05, 0) is 66.0 Å².